The van der Waals surface area contributed by atoms with Crippen molar-refractivity contribution in [1.29, 1.82) is 0 Å². The van der Waals surface area contributed by atoms with Crippen LogP contribution in [0.4, 0.5) is 11.5 Å². The second-order valence-electron chi connectivity index (χ2n) is 6.79. The molecule has 1 amide bonds. The molecule has 0 aliphatic heterocycles. The van der Waals surface area contributed by atoms with Crippen molar-refractivity contribution in [2.45, 2.75) is 44.6 Å². The number of hydrogen-bond donors (Lipinski definition) is 2. The third-order valence-electron chi connectivity index (χ3n) is 4.89. The van der Waals surface area contributed by atoms with Crippen LogP contribution in [0.25, 0.3) is 0 Å². The Balaban J connectivity index is 1.63. The Hall–Kier alpha value is -2.76. The monoisotopic (exact) mass is 369 g/mol. The SMILES string of the molecule is COc1ccc(NC(=O)c2ccc(NC3CCCCCC3)nc2)c(OC)c1. The number of rotatable bonds is 6. The molecule has 6 heteroatoms. The number of ether oxygens (including phenoxy) is 2. The van der Waals surface area contributed by atoms with Crippen LogP contribution in [0, 0.1) is 0 Å². The molecule has 0 radical (unpaired) electrons. The predicted molar refractivity (Wildman–Crippen MR) is 107 cm³/mol. The third kappa shape index (κ3) is 5.12. The maximum Gasteiger partial charge on any atom is 0.257 e. The molecule has 0 atom stereocenters. The summed E-state index contributed by atoms with van der Waals surface area (Å²) in [5.41, 5.74) is 1.09. The normalized spacial score (nSPS) is 14.9. The fraction of sp³-hybridized carbons (Fsp3) is 0.429. The van der Waals surface area contributed by atoms with Crippen LogP contribution in [0.3, 0.4) is 0 Å². The number of anilines is 2. The quantitative estimate of drug-likeness (QED) is 0.734. The molecule has 1 heterocycles. The van der Waals surface area contributed by atoms with Gasteiger partial charge in [0.15, 0.2) is 0 Å². The first-order chi connectivity index (χ1) is 13.2. The number of benzene rings is 1. The first kappa shape index (κ1) is 19.0. The first-order valence-electron chi connectivity index (χ1n) is 9.45. The van der Waals surface area contributed by atoms with Crippen LogP contribution in [0.15, 0.2) is 36.5 Å². The van der Waals surface area contributed by atoms with E-state index in [9.17, 15) is 4.79 Å². The highest BCUT2D eigenvalue weighted by atomic mass is 16.5. The maximum atomic E-state index is 12.5. The molecule has 1 fully saturated rings. The lowest BCUT2D eigenvalue weighted by Gasteiger charge is -2.17. The molecule has 0 unspecified atom stereocenters. The lowest BCUT2D eigenvalue weighted by atomic mass is 10.1. The number of carbonyl (C=O) groups is 1. The van der Waals surface area contributed by atoms with E-state index in [1.165, 1.54) is 38.5 Å². The predicted octanol–water partition coefficient (Wildman–Crippen LogP) is 4.49. The zero-order valence-electron chi connectivity index (χ0n) is 16.0. The molecule has 1 aliphatic carbocycles. The first-order valence-corrected chi connectivity index (χ1v) is 9.45. The Kier molecular flexibility index (Phi) is 6.52. The Morgan fingerprint density at radius 1 is 1.04 bits per heavy atom. The summed E-state index contributed by atoms with van der Waals surface area (Å²) in [6.45, 7) is 0. The van der Waals surface area contributed by atoms with Gasteiger partial charge in [-0.05, 0) is 37.1 Å². The topological polar surface area (TPSA) is 72.5 Å². The van der Waals surface area contributed by atoms with Gasteiger partial charge in [0.25, 0.3) is 5.91 Å². The molecule has 1 saturated carbocycles. The molecular weight excluding hydrogens is 342 g/mol. The largest absolute Gasteiger partial charge is 0.497 e. The molecule has 0 saturated heterocycles. The number of amides is 1. The van der Waals surface area contributed by atoms with Gasteiger partial charge in [-0.2, -0.15) is 0 Å². The number of hydrogen-bond acceptors (Lipinski definition) is 5. The van der Waals surface area contributed by atoms with Gasteiger partial charge >= 0.3 is 0 Å². The van der Waals surface area contributed by atoms with Crippen LogP contribution in [-0.4, -0.2) is 31.2 Å². The van der Waals surface area contributed by atoms with Gasteiger partial charge in [0, 0.05) is 18.3 Å². The van der Waals surface area contributed by atoms with Gasteiger partial charge in [-0.25, -0.2) is 4.98 Å². The number of nitrogens with zero attached hydrogens (tertiary/aromatic N) is 1. The summed E-state index contributed by atoms with van der Waals surface area (Å²) in [5, 5.41) is 6.35. The second-order valence-corrected chi connectivity index (χ2v) is 6.79. The van der Waals surface area contributed by atoms with E-state index in [1.54, 1.807) is 44.7 Å². The maximum absolute atomic E-state index is 12.5. The van der Waals surface area contributed by atoms with Crippen LogP contribution in [0.1, 0.15) is 48.9 Å². The molecular formula is C21H27N3O3. The molecule has 0 bridgehead atoms. The smallest absolute Gasteiger partial charge is 0.257 e. The lowest BCUT2D eigenvalue weighted by molar-refractivity contribution is 0.102. The van der Waals surface area contributed by atoms with E-state index in [4.69, 9.17) is 9.47 Å². The van der Waals surface area contributed by atoms with E-state index in [2.05, 4.69) is 15.6 Å². The molecule has 6 nitrogen and oxygen atoms in total. The van der Waals surface area contributed by atoms with E-state index >= 15 is 0 Å². The van der Waals surface area contributed by atoms with Crippen molar-refractivity contribution in [2.24, 2.45) is 0 Å². The number of pyridine rings is 1. The fourth-order valence-corrected chi connectivity index (χ4v) is 3.34. The zero-order valence-corrected chi connectivity index (χ0v) is 16.0. The summed E-state index contributed by atoms with van der Waals surface area (Å²) in [6.07, 6.45) is 9.13. The van der Waals surface area contributed by atoms with Crippen LogP contribution in [0.2, 0.25) is 0 Å². The lowest BCUT2D eigenvalue weighted by Crippen LogP contribution is -2.19. The van der Waals surface area contributed by atoms with E-state index in [1.807, 2.05) is 6.07 Å². The summed E-state index contributed by atoms with van der Waals surface area (Å²) in [4.78, 5) is 16.9. The van der Waals surface area contributed by atoms with E-state index in [0.29, 0.717) is 28.8 Å². The Morgan fingerprint density at radius 2 is 1.81 bits per heavy atom. The van der Waals surface area contributed by atoms with Gasteiger partial charge in [0.1, 0.15) is 17.3 Å². The molecule has 1 aromatic carbocycles. The number of aromatic nitrogens is 1. The van der Waals surface area contributed by atoms with Crippen LogP contribution >= 0.6 is 0 Å². The Labute approximate surface area is 160 Å². The highest BCUT2D eigenvalue weighted by Crippen LogP contribution is 2.29. The van der Waals surface area contributed by atoms with Gasteiger partial charge in [-0.15, -0.1) is 0 Å². The van der Waals surface area contributed by atoms with Crippen molar-refractivity contribution in [1.82, 2.24) is 4.98 Å². The number of methoxy groups -OCH3 is 2. The van der Waals surface area contributed by atoms with E-state index in [0.717, 1.165) is 5.82 Å². The van der Waals surface area contributed by atoms with Crippen molar-refractivity contribution >= 4 is 17.4 Å². The zero-order chi connectivity index (χ0) is 19.1. The standard InChI is InChI=1S/C21H27N3O3/c1-26-17-10-11-18(19(13-17)27-2)24-21(25)15-9-12-20(22-14-15)23-16-7-5-3-4-6-8-16/h9-14,16H,3-8H2,1-2H3,(H,22,23)(H,24,25). The molecule has 144 valence electrons. The van der Waals surface area contributed by atoms with Gasteiger partial charge in [0.05, 0.1) is 25.5 Å². The van der Waals surface area contributed by atoms with Gasteiger partial charge < -0.3 is 20.1 Å². The number of carbonyl (C=O) groups excluding carboxylic acids is 1. The number of nitrogens with one attached hydrogen (secondary N) is 2. The molecule has 0 spiro atoms. The molecule has 27 heavy (non-hydrogen) atoms. The Bertz CT molecular complexity index is 754. The third-order valence-corrected chi connectivity index (χ3v) is 4.89. The van der Waals surface area contributed by atoms with Crippen molar-refractivity contribution < 1.29 is 14.3 Å². The minimum Gasteiger partial charge on any atom is -0.497 e. The minimum absolute atomic E-state index is 0.230. The summed E-state index contributed by atoms with van der Waals surface area (Å²) < 4.78 is 10.5. The van der Waals surface area contributed by atoms with E-state index < -0.39 is 0 Å². The van der Waals surface area contributed by atoms with Gasteiger partial charge in [0.2, 0.25) is 0 Å². The molecule has 2 N–H and O–H groups in total. The van der Waals surface area contributed by atoms with Crippen molar-refractivity contribution in [3.63, 3.8) is 0 Å². The van der Waals surface area contributed by atoms with Gasteiger partial charge in [-0.3, -0.25) is 4.79 Å². The van der Waals surface area contributed by atoms with Crippen molar-refractivity contribution in [3.8, 4) is 11.5 Å². The summed E-state index contributed by atoms with van der Waals surface area (Å²) >= 11 is 0. The fourth-order valence-electron chi connectivity index (χ4n) is 3.34. The highest BCUT2D eigenvalue weighted by Gasteiger charge is 2.14. The second kappa shape index (κ2) is 9.26. The van der Waals surface area contributed by atoms with Crippen LogP contribution in [0.5, 0.6) is 11.5 Å². The molecule has 1 aliphatic rings. The molecule has 3 rings (SSSR count). The average Bonchev–Trinajstić information content (AvgIpc) is 2.97. The van der Waals surface area contributed by atoms with Gasteiger partial charge in [-0.1, -0.05) is 25.7 Å². The average molecular weight is 369 g/mol. The summed E-state index contributed by atoms with van der Waals surface area (Å²) in [6, 6.07) is 9.39. The van der Waals surface area contributed by atoms with Crippen molar-refractivity contribution in [2.75, 3.05) is 24.9 Å². The summed E-state index contributed by atoms with van der Waals surface area (Å²) in [7, 11) is 3.14. The van der Waals surface area contributed by atoms with Crippen LogP contribution in [-0.2, 0) is 0 Å². The molecule has 1 aromatic heterocycles. The highest BCUT2D eigenvalue weighted by molar-refractivity contribution is 6.05. The minimum atomic E-state index is -0.230. The van der Waals surface area contributed by atoms with E-state index in [-0.39, 0.29) is 5.91 Å². The Morgan fingerprint density at radius 3 is 2.44 bits per heavy atom. The van der Waals surface area contributed by atoms with Crippen molar-refractivity contribution in [3.05, 3.63) is 42.1 Å². The molecule has 2 aromatic rings. The van der Waals surface area contributed by atoms with Crippen LogP contribution < -0.4 is 20.1 Å². The summed E-state index contributed by atoms with van der Waals surface area (Å²) in [5.74, 6) is 1.80.